The van der Waals surface area contributed by atoms with Crippen molar-refractivity contribution in [2.24, 2.45) is 10.8 Å². The molecular weight excluding hydrogens is 670 g/mol. The van der Waals surface area contributed by atoms with Crippen LogP contribution in [0.1, 0.15) is 0 Å². The summed E-state index contributed by atoms with van der Waals surface area (Å²) in [4.78, 5) is 65.4. The van der Waals surface area contributed by atoms with Crippen LogP contribution in [0.2, 0.25) is 0 Å². The van der Waals surface area contributed by atoms with Crippen molar-refractivity contribution in [3.05, 3.63) is 0 Å². The molecule has 10 N–H and O–H groups in total. The number of carbonyl (C=O) groups is 4. The predicted molar refractivity (Wildman–Crippen MR) is 110 cm³/mol. The minimum Gasteiger partial charge on any atom is -0.396 e. The molecule has 0 aliphatic rings. The second-order valence-electron chi connectivity index (χ2n) is 5.00. The number of carbonyl (C=O) groups excluding carboxylic acids is 4. The van der Waals surface area contributed by atoms with Gasteiger partial charge in [0.25, 0.3) is 0 Å². The molecular formula is C14H34O16P2W. The molecule has 202 valence electrons. The van der Waals surface area contributed by atoms with E-state index in [2.05, 4.69) is 9.05 Å². The molecule has 33 heavy (non-hydrogen) atoms. The van der Waals surface area contributed by atoms with Crippen molar-refractivity contribution in [3.63, 3.8) is 0 Å². The Hall–Kier alpha value is -0.252. The van der Waals surface area contributed by atoms with Gasteiger partial charge < -0.3 is 78.4 Å². The fourth-order valence-corrected chi connectivity index (χ4v) is 1.74. The molecule has 0 fully saturated rings. The normalized spacial score (nSPS) is 9.58. The summed E-state index contributed by atoms with van der Waals surface area (Å²) >= 11 is 0. The van der Waals surface area contributed by atoms with Gasteiger partial charge in [0, 0.05) is 21.1 Å². The van der Waals surface area contributed by atoms with Crippen LogP contribution in [0, 0.1) is 10.8 Å². The summed E-state index contributed by atoms with van der Waals surface area (Å²) in [6.45, 7) is 4.51. The molecule has 0 saturated carbocycles. The average molecular weight is 704 g/mol. The van der Waals surface area contributed by atoms with Crippen LogP contribution in [0.5, 0.6) is 0 Å². The van der Waals surface area contributed by atoms with Crippen LogP contribution >= 0.6 is 17.2 Å². The Morgan fingerprint density at radius 3 is 0.727 bits per heavy atom. The van der Waals surface area contributed by atoms with E-state index in [1.807, 2.05) is 27.2 Å². The van der Waals surface area contributed by atoms with Crippen LogP contribution in [-0.2, 0) is 49.3 Å². The third-order valence-electron chi connectivity index (χ3n) is 2.98. The molecule has 0 saturated heterocycles. The predicted octanol–water partition coefficient (Wildman–Crippen LogP) is -4.39. The van der Waals surface area contributed by atoms with Gasteiger partial charge in [-0.15, -0.1) is 0 Å². The summed E-state index contributed by atoms with van der Waals surface area (Å²) < 4.78 is 8.75. The summed E-state index contributed by atoms with van der Waals surface area (Å²) in [5.41, 5.74) is -2.40. The van der Waals surface area contributed by atoms with Crippen molar-refractivity contribution in [1.82, 2.24) is 0 Å². The Kier molecular flexibility index (Phi) is 58.8. The van der Waals surface area contributed by atoms with E-state index in [0.29, 0.717) is 0 Å². The van der Waals surface area contributed by atoms with E-state index in [9.17, 15) is 0 Å². The standard InChI is InChI=1S/2C5H13O6P.4CH2O.W/c2*6-1-5(2-7,3-8)4-11-12(9)10;4*1-2;/h2*6-10H,1-4H2;4*1H2;. The average Bonchev–Trinajstić information content (AvgIpc) is 2.87. The minimum absolute atomic E-state index is 0. The van der Waals surface area contributed by atoms with Gasteiger partial charge in [-0.2, -0.15) is 0 Å². The van der Waals surface area contributed by atoms with Crippen molar-refractivity contribution >= 4 is 44.4 Å². The SMILES string of the molecule is C=O.C=O.C=O.C=O.OCC(CO)(CO)COP(O)O.OCC(CO)(CO)COP(O)O.[W]. The molecule has 0 aromatic carbocycles. The molecule has 0 atom stereocenters. The van der Waals surface area contributed by atoms with Gasteiger partial charge in [0.05, 0.1) is 63.7 Å². The van der Waals surface area contributed by atoms with Crippen molar-refractivity contribution in [3.8, 4) is 0 Å². The molecule has 16 nitrogen and oxygen atoms in total. The molecule has 0 rings (SSSR count). The quantitative estimate of drug-likeness (QED) is 0.0859. The third kappa shape index (κ3) is 31.7. The molecule has 0 unspecified atom stereocenters. The Balaban J connectivity index is -0.0000000612. The maximum absolute atomic E-state index is 8.73. The van der Waals surface area contributed by atoms with Crippen LogP contribution in [0.25, 0.3) is 0 Å². The molecule has 0 bridgehead atoms. The molecule has 0 radical (unpaired) electrons. The number of hydrogen-bond donors (Lipinski definition) is 10. The fraction of sp³-hybridized carbons (Fsp3) is 0.714. The molecule has 0 aromatic heterocycles. The summed E-state index contributed by atoms with van der Waals surface area (Å²) in [5.74, 6) is 0. The van der Waals surface area contributed by atoms with Crippen LogP contribution in [-0.4, -0.2) is 130 Å². The topological polar surface area (TPSA) is 289 Å². The van der Waals surface area contributed by atoms with Crippen LogP contribution in [0.3, 0.4) is 0 Å². The maximum atomic E-state index is 8.73. The van der Waals surface area contributed by atoms with Crippen LogP contribution < -0.4 is 0 Å². The van der Waals surface area contributed by atoms with Gasteiger partial charge in [-0.05, 0) is 0 Å². The monoisotopic (exact) mass is 704 g/mol. The van der Waals surface area contributed by atoms with Crippen LogP contribution in [0.15, 0.2) is 0 Å². The van der Waals surface area contributed by atoms with E-state index in [4.69, 9.17) is 69.4 Å². The summed E-state index contributed by atoms with van der Waals surface area (Å²) in [5, 5.41) is 52.4. The first-order valence-electron chi connectivity index (χ1n) is 7.62. The fourth-order valence-electron chi connectivity index (χ4n) is 0.963. The summed E-state index contributed by atoms with van der Waals surface area (Å²) in [6, 6.07) is 0. The van der Waals surface area contributed by atoms with E-state index in [-0.39, 0.29) is 34.3 Å². The molecule has 19 heteroatoms. The molecule has 0 aliphatic heterocycles. The first-order valence-corrected chi connectivity index (χ1v) is 9.95. The number of aliphatic hydroxyl groups is 6. The Bertz CT molecular complexity index is 299. The second-order valence-corrected chi connectivity index (χ2v) is 6.53. The van der Waals surface area contributed by atoms with Gasteiger partial charge in [-0.25, -0.2) is 0 Å². The van der Waals surface area contributed by atoms with E-state index >= 15 is 0 Å². The number of aliphatic hydroxyl groups excluding tert-OH is 6. The molecule has 0 spiro atoms. The largest absolute Gasteiger partial charge is 0.396 e. The zero-order valence-corrected chi connectivity index (χ0v) is 22.4. The number of hydrogen-bond acceptors (Lipinski definition) is 16. The minimum atomic E-state index is -2.52. The van der Waals surface area contributed by atoms with Gasteiger partial charge >= 0.3 is 17.2 Å². The van der Waals surface area contributed by atoms with Crippen molar-refractivity contribution < 1.29 is 99.5 Å². The molecule has 0 amide bonds. The maximum Gasteiger partial charge on any atom is 0.327 e. The Morgan fingerprint density at radius 1 is 0.485 bits per heavy atom. The number of rotatable bonds is 12. The molecule has 0 aromatic rings. The Labute approximate surface area is 207 Å². The van der Waals surface area contributed by atoms with Crippen molar-refractivity contribution in [1.29, 1.82) is 0 Å². The van der Waals surface area contributed by atoms with E-state index in [1.54, 1.807) is 0 Å². The van der Waals surface area contributed by atoms with Gasteiger partial charge in [-0.3, -0.25) is 0 Å². The van der Waals surface area contributed by atoms with Crippen molar-refractivity contribution in [2.45, 2.75) is 0 Å². The zero-order valence-electron chi connectivity index (χ0n) is 17.7. The van der Waals surface area contributed by atoms with Gasteiger partial charge in [0.2, 0.25) is 0 Å². The van der Waals surface area contributed by atoms with Gasteiger partial charge in [0.15, 0.2) is 0 Å². The summed E-state index contributed by atoms with van der Waals surface area (Å²) in [7, 11) is -5.03. The third-order valence-corrected chi connectivity index (χ3v) is 3.70. The van der Waals surface area contributed by atoms with E-state index in [0.717, 1.165) is 0 Å². The van der Waals surface area contributed by atoms with E-state index < -0.39 is 67.7 Å². The second kappa shape index (κ2) is 39.0. The Morgan fingerprint density at radius 2 is 0.636 bits per heavy atom. The van der Waals surface area contributed by atoms with Gasteiger partial charge in [0.1, 0.15) is 27.2 Å². The zero-order chi connectivity index (χ0) is 27.2. The van der Waals surface area contributed by atoms with Crippen molar-refractivity contribution in [2.75, 3.05) is 52.9 Å². The van der Waals surface area contributed by atoms with E-state index in [1.165, 1.54) is 0 Å². The smallest absolute Gasteiger partial charge is 0.327 e. The molecule has 0 heterocycles. The van der Waals surface area contributed by atoms with Gasteiger partial charge in [-0.1, -0.05) is 0 Å². The van der Waals surface area contributed by atoms with Crippen LogP contribution in [0.4, 0.5) is 0 Å². The first kappa shape index (κ1) is 49.8. The molecule has 0 aliphatic carbocycles. The first-order chi connectivity index (χ1) is 15.2. The summed E-state index contributed by atoms with van der Waals surface area (Å²) in [6.07, 6.45) is 0.